The molecule has 12 atom stereocenters. The largest absolute Gasteiger partial charge is 0.394 e. The van der Waals surface area contributed by atoms with E-state index >= 15 is 0 Å². The first-order valence-corrected chi connectivity index (χ1v) is 41.9. The fraction of sp³-hybridized carbons (Fsp3) is 0.963. The lowest BCUT2D eigenvalue weighted by molar-refractivity contribution is -0.359. The number of hydrogen-bond donors (Lipinski definition) is 9. The van der Waals surface area contributed by atoms with E-state index in [0.29, 0.717) is 12.8 Å². The van der Waals surface area contributed by atoms with Crippen LogP contribution in [0.25, 0.3) is 0 Å². The summed E-state index contributed by atoms with van der Waals surface area (Å²) in [4.78, 5) is 13.4. The van der Waals surface area contributed by atoms with Crippen LogP contribution >= 0.6 is 0 Å². The smallest absolute Gasteiger partial charge is 0.220 e. The Morgan fingerprint density at radius 2 is 0.656 bits per heavy atom. The number of unbranched alkanes of at least 4 members (excludes halogenated alkanes) is 57. The number of aliphatic hydroxyl groups excluding tert-OH is 8. The molecule has 0 aliphatic carbocycles. The fourth-order valence-electron chi connectivity index (χ4n) is 14.4. The standard InChI is InChI=1S/C82H159NO13/c1-3-5-7-9-11-13-15-17-19-21-23-25-27-29-31-33-35-37-39-41-43-45-47-49-51-53-55-57-59-61-63-65-71(86)70(69-93-81-79(92)77(90)80(73(68-85)95-81)96-82-78(91)76(89)75(88)72(67-84)94-82)83-74(87)66-64-62-60-58-56-54-52-50-48-46-44-42-40-38-36-34-32-30-28-26-24-22-20-18-16-14-12-10-8-6-4-2/h22,24,70-73,75-82,84-86,88-92H,3-21,23,25-69H2,1-2H3,(H,83,87)/b24-22-. The van der Waals surface area contributed by atoms with E-state index in [2.05, 4.69) is 31.3 Å². The molecule has 0 saturated carbocycles. The van der Waals surface area contributed by atoms with E-state index in [0.717, 1.165) is 51.4 Å². The van der Waals surface area contributed by atoms with Gasteiger partial charge in [0.1, 0.15) is 48.8 Å². The van der Waals surface area contributed by atoms with E-state index in [1.54, 1.807) is 0 Å². The Morgan fingerprint density at radius 1 is 0.365 bits per heavy atom. The normalized spacial score (nSPS) is 22.2. The Balaban J connectivity index is 1.59. The molecule has 2 aliphatic rings. The molecule has 2 aliphatic heterocycles. The van der Waals surface area contributed by atoms with Gasteiger partial charge < -0.3 is 65.1 Å². The van der Waals surface area contributed by atoms with Crippen LogP contribution in [0.5, 0.6) is 0 Å². The van der Waals surface area contributed by atoms with Gasteiger partial charge in [0.25, 0.3) is 0 Å². The average Bonchev–Trinajstić information content (AvgIpc) is 0.797. The van der Waals surface area contributed by atoms with E-state index in [1.807, 2.05) is 0 Å². The van der Waals surface area contributed by atoms with Crippen molar-refractivity contribution in [3.05, 3.63) is 12.2 Å². The first-order chi connectivity index (χ1) is 47.1. The van der Waals surface area contributed by atoms with Gasteiger partial charge in [0.15, 0.2) is 12.6 Å². The van der Waals surface area contributed by atoms with Crippen LogP contribution in [-0.4, -0.2) is 140 Å². The number of aliphatic hydroxyl groups is 8. The number of allylic oxidation sites excluding steroid dienone is 2. The second-order valence-corrected chi connectivity index (χ2v) is 30.0. The van der Waals surface area contributed by atoms with Crippen molar-refractivity contribution in [3.8, 4) is 0 Å². The molecule has 0 spiro atoms. The lowest BCUT2D eigenvalue weighted by Gasteiger charge is -2.46. The highest BCUT2D eigenvalue weighted by Crippen LogP contribution is 2.31. The van der Waals surface area contributed by atoms with Crippen molar-refractivity contribution in [3.63, 3.8) is 0 Å². The van der Waals surface area contributed by atoms with Gasteiger partial charge in [-0.1, -0.05) is 379 Å². The summed E-state index contributed by atoms with van der Waals surface area (Å²) in [7, 11) is 0. The molecule has 2 fully saturated rings. The number of rotatable bonds is 72. The minimum atomic E-state index is -1.78. The predicted octanol–water partition coefficient (Wildman–Crippen LogP) is 19.3. The summed E-state index contributed by atoms with van der Waals surface area (Å²) in [6, 6.07) is -0.827. The lowest BCUT2D eigenvalue weighted by atomic mass is 9.97. The van der Waals surface area contributed by atoms with Crippen molar-refractivity contribution in [2.75, 3.05) is 19.8 Å². The van der Waals surface area contributed by atoms with Gasteiger partial charge >= 0.3 is 0 Å². The van der Waals surface area contributed by atoms with Gasteiger partial charge in [-0.3, -0.25) is 4.79 Å². The molecule has 0 aromatic carbocycles. The molecular formula is C82H159NO13. The van der Waals surface area contributed by atoms with E-state index in [1.165, 1.54) is 334 Å². The summed E-state index contributed by atoms with van der Waals surface area (Å²) in [5.41, 5.74) is 0. The topological polar surface area (TPSA) is 228 Å². The zero-order chi connectivity index (χ0) is 69.4. The average molecular weight is 1370 g/mol. The fourth-order valence-corrected chi connectivity index (χ4v) is 14.4. The van der Waals surface area contributed by atoms with E-state index < -0.39 is 86.8 Å². The molecule has 0 aromatic rings. The molecule has 0 radical (unpaired) electrons. The Kier molecular flexibility index (Phi) is 63.3. The Morgan fingerprint density at radius 3 is 0.990 bits per heavy atom. The molecule has 14 nitrogen and oxygen atoms in total. The highest BCUT2D eigenvalue weighted by Gasteiger charge is 2.51. The van der Waals surface area contributed by atoms with Crippen LogP contribution in [0.2, 0.25) is 0 Å². The Hall–Kier alpha value is -1.27. The highest BCUT2D eigenvalue weighted by molar-refractivity contribution is 5.76. The van der Waals surface area contributed by atoms with Crippen molar-refractivity contribution < 1.29 is 64.6 Å². The molecule has 2 rings (SSSR count). The van der Waals surface area contributed by atoms with E-state index in [-0.39, 0.29) is 12.5 Å². The lowest BCUT2D eigenvalue weighted by Crippen LogP contribution is -2.65. The number of carbonyl (C=O) groups excluding carboxylic acids is 1. The van der Waals surface area contributed by atoms with Gasteiger partial charge in [-0.05, 0) is 38.5 Å². The first kappa shape index (κ1) is 90.8. The zero-order valence-corrected chi connectivity index (χ0v) is 62.7. The molecule has 9 N–H and O–H groups in total. The van der Waals surface area contributed by atoms with E-state index in [9.17, 15) is 45.6 Å². The summed E-state index contributed by atoms with van der Waals surface area (Å²) in [5.74, 6) is -0.196. The highest BCUT2D eigenvalue weighted by atomic mass is 16.7. The van der Waals surface area contributed by atoms with Crippen LogP contribution in [0, 0.1) is 0 Å². The third kappa shape index (κ3) is 49.4. The Labute approximate surface area is 590 Å². The minimum Gasteiger partial charge on any atom is -0.394 e. The van der Waals surface area contributed by atoms with Crippen LogP contribution in [-0.2, 0) is 23.7 Å². The third-order valence-electron chi connectivity index (χ3n) is 21.0. The van der Waals surface area contributed by atoms with Gasteiger partial charge in [-0.2, -0.15) is 0 Å². The van der Waals surface area contributed by atoms with Crippen LogP contribution < -0.4 is 5.32 Å². The summed E-state index contributed by atoms with van der Waals surface area (Å²) in [6.45, 7) is 2.94. The molecule has 0 bridgehead atoms. The summed E-state index contributed by atoms with van der Waals surface area (Å²) < 4.78 is 23.0. The summed E-state index contributed by atoms with van der Waals surface area (Å²) in [5, 5.41) is 87.9. The van der Waals surface area contributed by atoms with Crippen LogP contribution in [0.1, 0.15) is 412 Å². The van der Waals surface area contributed by atoms with Crippen molar-refractivity contribution in [1.29, 1.82) is 0 Å². The number of amides is 1. The Bertz CT molecular complexity index is 1660. The summed E-state index contributed by atoms with van der Waals surface area (Å²) >= 11 is 0. The monoisotopic (exact) mass is 1370 g/mol. The number of carbonyl (C=O) groups is 1. The maximum atomic E-state index is 13.4. The van der Waals surface area contributed by atoms with Gasteiger partial charge in [-0.15, -0.1) is 0 Å². The zero-order valence-electron chi connectivity index (χ0n) is 62.7. The molecular weight excluding hydrogens is 1210 g/mol. The third-order valence-corrected chi connectivity index (χ3v) is 21.0. The maximum absolute atomic E-state index is 13.4. The summed E-state index contributed by atoms with van der Waals surface area (Å²) in [6.07, 6.45) is 68.4. The quantitative estimate of drug-likeness (QED) is 0.0204. The number of hydrogen-bond acceptors (Lipinski definition) is 13. The predicted molar refractivity (Wildman–Crippen MR) is 397 cm³/mol. The molecule has 0 aromatic heterocycles. The SMILES string of the molecule is CCCCCCCCCC/C=C\CCCCCCCCCCCCCCCCCCCCCC(=O)NC(COC1OC(CO)C(OC2OC(CO)C(O)C(O)C2O)C(O)C1O)C(O)CCCCCCCCCCCCCCCCCCCCCCCCCCCCCCCCC. The second kappa shape index (κ2) is 66.9. The van der Waals surface area contributed by atoms with Crippen molar-refractivity contribution in [2.24, 2.45) is 0 Å². The molecule has 1 amide bonds. The number of nitrogens with one attached hydrogen (secondary N) is 1. The van der Waals surface area contributed by atoms with Crippen LogP contribution in [0.3, 0.4) is 0 Å². The minimum absolute atomic E-state index is 0.196. The molecule has 14 heteroatoms. The van der Waals surface area contributed by atoms with Gasteiger partial charge in [0.2, 0.25) is 5.91 Å². The molecule has 2 saturated heterocycles. The maximum Gasteiger partial charge on any atom is 0.220 e. The van der Waals surface area contributed by atoms with Gasteiger partial charge in [0, 0.05) is 6.42 Å². The van der Waals surface area contributed by atoms with Gasteiger partial charge in [-0.25, -0.2) is 0 Å². The van der Waals surface area contributed by atoms with Crippen molar-refractivity contribution in [1.82, 2.24) is 5.32 Å². The van der Waals surface area contributed by atoms with Crippen LogP contribution in [0.4, 0.5) is 0 Å². The molecule has 96 heavy (non-hydrogen) atoms. The molecule has 12 unspecified atom stereocenters. The van der Waals surface area contributed by atoms with Crippen molar-refractivity contribution in [2.45, 2.75) is 485 Å². The van der Waals surface area contributed by atoms with Crippen molar-refractivity contribution >= 4 is 5.91 Å². The molecule has 570 valence electrons. The van der Waals surface area contributed by atoms with Gasteiger partial charge in [0.05, 0.1) is 32.0 Å². The van der Waals surface area contributed by atoms with E-state index in [4.69, 9.17) is 18.9 Å². The number of ether oxygens (including phenoxy) is 4. The second-order valence-electron chi connectivity index (χ2n) is 30.0. The molecule has 2 heterocycles. The first-order valence-electron chi connectivity index (χ1n) is 41.9. The van der Waals surface area contributed by atoms with Crippen LogP contribution in [0.15, 0.2) is 12.2 Å².